The van der Waals surface area contributed by atoms with Gasteiger partial charge in [0.15, 0.2) is 0 Å². The second-order valence-corrected chi connectivity index (χ2v) is 10.2. The molecule has 1 aliphatic heterocycles. The fourth-order valence-corrected chi connectivity index (χ4v) is 4.97. The maximum absolute atomic E-state index is 12.2. The molecule has 5 nitrogen and oxygen atoms in total. The van der Waals surface area contributed by atoms with Crippen LogP contribution in [-0.4, -0.2) is 43.0 Å². The number of aryl methyl sites for hydroxylation is 1. The first-order valence-corrected chi connectivity index (χ1v) is 12.3. The number of alkyl carbamates (subject to hydrolysis) is 1. The van der Waals surface area contributed by atoms with Crippen LogP contribution >= 0.6 is 0 Å². The van der Waals surface area contributed by atoms with Crippen LogP contribution in [0, 0.1) is 0 Å². The van der Waals surface area contributed by atoms with Gasteiger partial charge in [0.1, 0.15) is 5.60 Å². The third-order valence-corrected chi connectivity index (χ3v) is 6.49. The summed E-state index contributed by atoms with van der Waals surface area (Å²) in [5.41, 5.74) is 2.60. The predicted molar refractivity (Wildman–Crippen MR) is 126 cm³/mol. The first kappa shape index (κ1) is 24.1. The fourth-order valence-electron chi connectivity index (χ4n) is 4.97. The first-order valence-electron chi connectivity index (χ1n) is 12.3. The van der Waals surface area contributed by atoms with Gasteiger partial charge in [-0.2, -0.15) is 0 Å². The van der Waals surface area contributed by atoms with Crippen molar-refractivity contribution in [3.8, 4) is 0 Å². The van der Waals surface area contributed by atoms with E-state index in [0.717, 1.165) is 32.2 Å². The molecule has 1 heterocycles. The van der Waals surface area contributed by atoms with E-state index in [1.807, 2.05) is 20.8 Å². The molecule has 0 spiro atoms. The van der Waals surface area contributed by atoms with Gasteiger partial charge in [0.2, 0.25) is 0 Å². The van der Waals surface area contributed by atoms with E-state index in [4.69, 9.17) is 9.47 Å². The molecule has 0 radical (unpaired) electrons. The van der Waals surface area contributed by atoms with Crippen LogP contribution in [0.15, 0.2) is 24.3 Å². The maximum atomic E-state index is 12.2. The van der Waals surface area contributed by atoms with Crippen LogP contribution in [0.4, 0.5) is 4.79 Å². The van der Waals surface area contributed by atoms with Crippen LogP contribution in [0.5, 0.6) is 0 Å². The summed E-state index contributed by atoms with van der Waals surface area (Å²) >= 11 is 0. The Balaban J connectivity index is 1.46. The van der Waals surface area contributed by atoms with E-state index in [1.165, 1.54) is 31.2 Å². The minimum absolute atomic E-state index is 0.0564. The molecule has 174 valence electrons. The highest BCUT2D eigenvalue weighted by Crippen LogP contribution is 2.36. The summed E-state index contributed by atoms with van der Waals surface area (Å²) in [6, 6.07) is 9.18. The van der Waals surface area contributed by atoms with Gasteiger partial charge in [0.05, 0.1) is 18.8 Å². The van der Waals surface area contributed by atoms with Crippen molar-refractivity contribution in [2.24, 2.45) is 0 Å². The highest BCUT2D eigenvalue weighted by Gasteiger charge is 2.30. The summed E-state index contributed by atoms with van der Waals surface area (Å²) in [5.74, 6) is 0.664. The summed E-state index contributed by atoms with van der Waals surface area (Å²) in [6.45, 7) is 9.55. The molecule has 2 N–H and O–H groups in total. The summed E-state index contributed by atoms with van der Waals surface area (Å²) in [5, 5.41) is 6.59. The lowest BCUT2D eigenvalue weighted by atomic mass is 9.80. The number of piperidine rings is 1. The van der Waals surface area contributed by atoms with Crippen molar-refractivity contribution in [1.82, 2.24) is 10.6 Å². The standard InChI is InChI=1S/C26H42N2O3/c1-5-9-19-10-6-7-11-22(19)20-13-15-21(16-14-20)30-18-24-23(12-8-17-27-24)28-25(29)31-26(2,3)4/h6-7,10-11,20-21,23-24,27H,5,8-9,12-18H2,1-4H3,(H,28,29). The Morgan fingerprint density at radius 1 is 1.13 bits per heavy atom. The summed E-state index contributed by atoms with van der Waals surface area (Å²) in [7, 11) is 0. The Hall–Kier alpha value is -1.59. The Kier molecular flexibility index (Phi) is 8.79. The molecular formula is C26H42N2O3. The number of ether oxygens (including phenoxy) is 2. The number of hydrogen-bond donors (Lipinski definition) is 2. The van der Waals surface area contributed by atoms with Gasteiger partial charge in [-0.3, -0.25) is 0 Å². The number of benzene rings is 1. The second kappa shape index (κ2) is 11.3. The van der Waals surface area contributed by atoms with Gasteiger partial charge in [0.25, 0.3) is 0 Å². The van der Waals surface area contributed by atoms with Crippen LogP contribution in [0.25, 0.3) is 0 Å². The Bertz CT molecular complexity index is 692. The molecule has 0 bridgehead atoms. The largest absolute Gasteiger partial charge is 0.444 e. The van der Waals surface area contributed by atoms with E-state index in [0.29, 0.717) is 18.6 Å². The lowest BCUT2D eigenvalue weighted by Gasteiger charge is -2.36. The maximum Gasteiger partial charge on any atom is 0.407 e. The number of carbonyl (C=O) groups is 1. The zero-order valence-electron chi connectivity index (χ0n) is 19.9. The minimum Gasteiger partial charge on any atom is -0.444 e. The number of hydrogen-bond acceptors (Lipinski definition) is 4. The van der Waals surface area contributed by atoms with Crippen LogP contribution in [0.1, 0.15) is 89.7 Å². The number of amides is 1. The monoisotopic (exact) mass is 430 g/mol. The molecule has 1 aromatic carbocycles. The van der Waals surface area contributed by atoms with Crippen molar-refractivity contribution < 1.29 is 14.3 Å². The highest BCUT2D eigenvalue weighted by atomic mass is 16.6. The van der Waals surface area contributed by atoms with Crippen molar-refractivity contribution in [1.29, 1.82) is 0 Å². The van der Waals surface area contributed by atoms with Crippen LogP contribution in [-0.2, 0) is 15.9 Å². The van der Waals surface area contributed by atoms with Crippen molar-refractivity contribution in [2.75, 3.05) is 13.2 Å². The van der Waals surface area contributed by atoms with Crippen molar-refractivity contribution >= 4 is 6.09 Å². The normalized spacial score (nSPS) is 27.0. The van der Waals surface area contributed by atoms with E-state index >= 15 is 0 Å². The van der Waals surface area contributed by atoms with Gasteiger partial charge in [-0.05, 0) is 89.3 Å². The molecule has 1 aromatic rings. The molecule has 2 atom stereocenters. The molecule has 0 aromatic heterocycles. The lowest BCUT2D eigenvalue weighted by Crippen LogP contribution is -2.56. The molecule has 1 aliphatic carbocycles. The Labute approximate surface area is 188 Å². The van der Waals surface area contributed by atoms with Crippen LogP contribution in [0.3, 0.4) is 0 Å². The topological polar surface area (TPSA) is 59.6 Å². The van der Waals surface area contributed by atoms with Gasteiger partial charge in [-0.25, -0.2) is 4.79 Å². The SMILES string of the molecule is CCCc1ccccc1C1CCC(OCC2NCCCC2NC(=O)OC(C)(C)C)CC1. The molecule has 2 aliphatic rings. The number of carbonyl (C=O) groups excluding carboxylic acids is 1. The second-order valence-electron chi connectivity index (χ2n) is 10.2. The average molecular weight is 431 g/mol. The van der Waals surface area contributed by atoms with Crippen molar-refractivity contribution in [2.45, 2.75) is 109 Å². The number of nitrogens with one attached hydrogen (secondary N) is 2. The minimum atomic E-state index is -0.480. The molecule has 2 unspecified atom stereocenters. The zero-order chi connectivity index (χ0) is 22.3. The van der Waals surface area contributed by atoms with E-state index in [1.54, 1.807) is 5.56 Å². The molecular weight excluding hydrogens is 388 g/mol. The van der Waals surface area contributed by atoms with E-state index in [9.17, 15) is 4.79 Å². The molecule has 31 heavy (non-hydrogen) atoms. The molecule has 5 heteroatoms. The van der Waals surface area contributed by atoms with Crippen LogP contribution < -0.4 is 10.6 Å². The third kappa shape index (κ3) is 7.50. The molecule has 1 saturated carbocycles. The lowest BCUT2D eigenvalue weighted by molar-refractivity contribution is 0.00167. The van der Waals surface area contributed by atoms with Gasteiger partial charge in [-0.1, -0.05) is 37.6 Å². The number of rotatable bonds is 7. The van der Waals surface area contributed by atoms with Gasteiger partial charge < -0.3 is 20.1 Å². The fraction of sp³-hybridized carbons (Fsp3) is 0.731. The Morgan fingerprint density at radius 2 is 1.87 bits per heavy atom. The summed E-state index contributed by atoms with van der Waals surface area (Å²) < 4.78 is 11.8. The molecule has 1 amide bonds. The zero-order valence-corrected chi connectivity index (χ0v) is 19.9. The third-order valence-electron chi connectivity index (χ3n) is 6.49. The first-order chi connectivity index (χ1) is 14.9. The average Bonchev–Trinajstić information content (AvgIpc) is 2.73. The van der Waals surface area contributed by atoms with E-state index < -0.39 is 5.60 Å². The van der Waals surface area contributed by atoms with Crippen molar-refractivity contribution in [3.05, 3.63) is 35.4 Å². The quantitative estimate of drug-likeness (QED) is 0.614. The molecule has 1 saturated heterocycles. The van der Waals surface area contributed by atoms with Crippen LogP contribution in [0.2, 0.25) is 0 Å². The molecule has 3 rings (SSSR count). The Morgan fingerprint density at radius 3 is 2.58 bits per heavy atom. The van der Waals surface area contributed by atoms with E-state index in [2.05, 4.69) is 41.8 Å². The van der Waals surface area contributed by atoms with Crippen molar-refractivity contribution in [3.63, 3.8) is 0 Å². The van der Waals surface area contributed by atoms with Gasteiger partial charge in [0, 0.05) is 6.04 Å². The summed E-state index contributed by atoms with van der Waals surface area (Å²) in [6.07, 6.45) is 8.99. The summed E-state index contributed by atoms with van der Waals surface area (Å²) in [4.78, 5) is 12.2. The van der Waals surface area contributed by atoms with Gasteiger partial charge >= 0.3 is 6.09 Å². The predicted octanol–water partition coefficient (Wildman–Crippen LogP) is 5.33. The van der Waals surface area contributed by atoms with Gasteiger partial charge in [-0.15, -0.1) is 0 Å². The molecule has 2 fully saturated rings. The highest BCUT2D eigenvalue weighted by molar-refractivity contribution is 5.68. The smallest absolute Gasteiger partial charge is 0.407 e. The van der Waals surface area contributed by atoms with E-state index in [-0.39, 0.29) is 18.2 Å².